The minimum absolute atomic E-state index is 0.218. The number of imide groups is 1. The fourth-order valence-electron chi connectivity index (χ4n) is 1.53. The van der Waals surface area contributed by atoms with E-state index < -0.39 is 0 Å². The third-order valence-electron chi connectivity index (χ3n) is 2.31. The SMILES string of the molecule is O=C1C=CCCN1C(=O)c1ccccc1. The average Bonchev–Trinajstić information content (AvgIpc) is 2.30. The Morgan fingerprint density at radius 3 is 2.60 bits per heavy atom. The maximum atomic E-state index is 11.9. The van der Waals surface area contributed by atoms with Crippen molar-refractivity contribution in [2.75, 3.05) is 6.54 Å². The summed E-state index contributed by atoms with van der Waals surface area (Å²) in [4.78, 5) is 24.6. The van der Waals surface area contributed by atoms with Crippen molar-refractivity contribution in [1.29, 1.82) is 0 Å². The van der Waals surface area contributed by atoms with Gasteiger partial charge in [0, 0.05) is 12.1 Å². The van der Waals surface area contributed by atoms with Crippen molar-refractivity contribution in [1.82, 2.24) is 4.90 Å². The van der Waals surface area contributed by atoms with E-state index in [4.69, 9.17) is 0 Å². The van der Waals surface area contributed by atoms with Gasteiger partial charge >= 0.3 is 0 Å². The molecule has 0 fully saturated rings. The van der Waals surface area contributed by atoms with Crippen LogP contribution >= 0.6 is 0 Å². The fourth-order valence-corrected chi connectivity index (χ4v) is 1.53. The third-order valence-corrected chi connectivity index (χ3v) is 2.31. The third kappa shape index (κ3) is 1.96. The van der Waals surface area contributed by atoms with Crippen molar-refractivity contribution in [3.8, 4) is 0 Å². The van der Waals surface area contributed by atoms with E-state index in [1.54, 1.807) is 30.3 Å². The molecule has 1 aliphatic heterocycles. The van der Waals surface area contributed by atoms with E-state index in [1.807, 2.05) is 6.07 Å². The molecule has 1 aromatic carbocycles. The Labute approximate surface area is 88.0 Å². The molecule has 0 spiro atoms. The van der Waals surface area contributed by atoms with E-state index in [0.29, 0.717) is 12.1 Å². The Balaban J connectivity index is 2.22. The maximum absolute atomic E-state index is 11.9. The molecule has 0 saturated carbocycles. The lowest BCUT2D eigenvalue weighted by Gasteiger charge is -2.21. The Morgan fingerprint density at radius 2 is 1.93 bits per heavy atom. The Bertz CT molecular complexity index is 409. The number of benzene rings is 1. The van der Waals surface area contributed by atoms with Gasteiger partial charge in [-0.2, -0.15) is 0 Å². The summed E-state index contributed by atoms with van der Waals surface area (Å²) >= 11 is 0. The highest BCUT2D eigenvalue weighted by Gasteiger charge is 2.21. The Hall–Kier alpha value is -1.90. The lowest BCUT2D eigenvalue weighted by molar-refractivity contribution is -0.124. The number of hydrogen-bond donors (Lipinski definition) is 0. The second kappa shape index (κ2) is 4.09. The van der Waals surface area contributed by atoms with Gasteiger partial charge in [0.15, 0.2) is 0 Å². The molecule has 0 bridgehead atoms. The minimum atomic E-state index is -0.227. The molecule has 1 heterocycles. The van der Waals surface area contributed by atoms with Crippen LogP contribution in [0.4, 0.5) is 0 Å². The number of carbonyl (C=O) groups is 2. The molecule has 3 heteroatoms. The van der Waals surface area contributed by atoms with Gasteiger partial charge in [0.25, 0.3) is 11.8 Å². The molecule has 76 valence electrons. The summed E-state index contributed by atoms with van der Waals surface area (Å²) in [6.07, 6.45) is 3.98. The van der Waals surface area contributed by atoms with Crippen LogP contribution in [0.3, 0.4) is 0 Å². The number of nitrogens with zero attached hydrogens (tertiary/aromatic N) is 1. The van der Waals surface area contributed by atoms with Crippen molar-refractivity contribution in [2.24, 2.45) is 0 Å². The second-order valence-corrected chi connectivity index (χ2v) is 3.35. The van der Waals surface area contributed by atoms with Crippen LogP contribution in [0, 0.1) is 0 Å². The van der Waals surface area contributed by atoms with Crippen molar-refractivity contribution in [3.63, 3.8) is 0 Å². The summed E-state index contributed by atoms with van der Waals surface area (Å²) in [6, 6.07) is 8.85. The minimum Gasteiger partial charge on any atom is -0.275 e. The van der Waals surface area contributed by atoms with E-state index in [9.17, 15) is 9.59 Å². The number of carbonyl (C=O) groups excluding carboxylic acids is 2. The molecule has 3 nitrogen and oxygen atoms in total. The zero-order valence-electron chi connectivity index (χ0n) is 8.22. The summed E-state index contributed by atoms with van der Waals surface area (Å²) in [5.41, 5.74) is 0.557. The van der Waals surface area contributed by atoms with Crippen LogP contribution in [0.1, 0.15) is 16.8 Å². The molecule has 0 atom stereocenters. The van der Waals surface area contributed by atoms with Gasteiger partial charge < -0.3 is 0 Å². The zero-order valence-corrected chi connectivity index (χ0v) is 8.22. The summed E-state index contributed by atoms with van der Waals surface area (Å²) in [5.74, 6) is -0.444. The van der Waals surface area contributed by atoms with Gasteiger partial charge in [-0.05, 0) is 24.6 Å². The molecule has 0 unspecified atom stereocenters. The Morgan fingerprint density at radius 1 is 1.20 bits per heavy atom. The van der Waals surface area contributed by atoms with E-state index in [-0.39, 0.29) is 11.8 Å². The van der Waals surface area contributed by atoms with Gasteiger partial charge in [0.05, 0.1) is 0 Å². The number of amides is 2. The molecule has 0 aromatic heterocycles. The van der Waals surface area contributed by atoms with E-state index >= 15 is 0 Å². The molecular formula is C12H11NO2. The summed E-state index contributed by atoms with van der Waals surface area (Å²) in [5, 5.41) is 0. The van der Waals surface area contributed by atoms with Crippen LogP contribution in [0.5, 0.6) is 0 Å². The maximum Gasteiger partial charge on any atom is 0.260 e. The topological polar surface area (TPSA) is 37.4 Å². The average molecular weight is 201 g/mol. The van der Waals surface area contributed by atoms with E-state index in [2.05, 4.69) is 0 Å². The predicted octanol–water partition coefficient (Wildman–Crippen LogP) is 1.62. The van der Waals surface area contributed by atoms with Crippen molar-refractivity contribution >= 4 is 11.8 Å². The molecule has 1 aliphatic rings. The molecule has 15 heavy (non-hydrogen) atoms. The van der Waals surface area contributed by atoms with Crippen LogP contribution in [0.2, 0.25) is 0 Å². The van der Waals surface area contributed by atoms with Crippen LogP contribution in [-0.4, -0.2) is 23.3 Å². The second-order valence-electron chi connectivity index (χ2n) is 3.35. The van der Waals surface area contributed by atoms with Crippen LogP contribution in [0.25, 0.3) is 0 Å². The fraction of sp³-hybridized carbons (Fsp3) is 0.167. The highest BCUT2D eigenvalue weighted by molar-refractivity contribution is 6.08. The highest BCUT2D eigenvalue weighted by atomic mass is 16.2. The molecular weight excluding hydrogens is 190 g/mol. The summed E-state index contributed by atoms with van der Waals surface area (Å²) in [7, 11) is 0. The van der Waals surface area contributed by atoms with Gasteiger partial charge in [-0.15, -0.1) is 0 Å². The molecule has 0 aliphatic carbocycles. The van der Waals surface area contributed by atoms with Crippen LogP contribution in [-0.2, 0) is 4.79 Å². The van der Waals surface area contributed by atoms with Gasteiger partial charge in [-0.1, -0.05) is 24.3 Å². The highest BCUT2D eigenvalue weighted by Crippen LogP contribution is 2.09. The van der Waals surface area contributed by atoms with Crippen LogP contribution in [0.15, 0.2) is 42.5 Å². The normalized spacial score (nSPS) is 15.5. The largest absolute Gasteiger partial charge is 0.275 e. The zero-order chi connectivity index (χ0) is 10.7. The van der Waals surface area contributed by atoms with Crippen LogP contribution < -0.4 is 0 Å². The van der Waals surface area contributed by atoms with Gasteiger partial charge in [-0.25, -0.2) is 0 Å². The standard InChI is InChI=1S/C12H11NO2/c14-11-8-4-5-9-13(11)12(15)10-6-2-1-3-7-10/h1-4,6-8H,5,9H2. The molecule has 0 radical (unpaired) electrons. The summed E-state index contributed by atoms with van der Waals surface area (Å²) < 4.78 is 0. The summed E-state index contributed by atoms with van der Waals surface area (Å²) in [6.45, 7) is 0.475. The van der Waals surface area contributed by atoms with Gasteiger partial charge in [0.1, 0.15) is 0 Å². The van der Waals surface area contributed by atoms with Gasteiger partial charge in [-0.3, -0.25) is 14.5 Å². The van der Waals surface area contributed by atoms with E-state index in [0.717, 1.165) is 6.42 Å². The van der Waals surface area contributed by atoms with Gasteiger partial charge in [0.2, 0.25) is 0 Å². The first-order valence-corrected chi connectivity index (χ1v) is 4.86. The lowest BCUT2D eigenvalue weighted by Crippen LogP contribution is -2.38. The molecule has 2 amide bonds. The molecule has 2 rings (SSSR count). The quantitative estimate of drug-likeness (QED) is 0.647. The first-order valence-electron chi connectivity index (χ1n) is 4.86. The Kier molecular flexibility index (Phi) is 2.63. The van der Waals surface area contributed by atoms with Crippen molar-refractivity contribution in [3.05, 3.63) is 48.0 Å². The van der Waals surface area contributed by atoms with E-state index in [1.165, 1.54) is 11.0 Å². The van der Waals surface area contributed by atoms with Crippen molar-refractivity contribution < 1.29 is 9.59 Å². The predicted molar refractivity (Wildman–Crippen MR) is 56.2 cm³/mol. The monoisotopic (exact) mass is 201 g/mol. The molecule has 0 saturated heterocycles. The van der Waals surface area contributed by atoms with Crippen molar-refractivity contribution in [2.45, 2.75) is 6.42 Å². The smallest absolute Gasteiger partial charge is 0.260 e. The number of rotatable bonds is 1. The number of hydrogen-bond acceptors (Lipinski definition) is 2. The lowest BCUT2D eigenvalue weighted by atomic mass is 10.1. The molecule has 0 N–H and O–H groups in total. The first-order chi connectivity index (χ1) is 7.29. The molecule has 1 aromatic rings. The first kappa shape index (κ1) is 9.65.